The van der Waals surface area contributed by atoms with E-state index in [4.69, 9.17) is 9.73 Å². The molecule has 2 heterocycles. The van der Waals surface area contributed by atoms with Gasteiger partial charge in [-0.1, -0.05) is 61.7 Å². The van der Waals surface area contributed by atoms with Crippen LogP contribution in [0.15, 0.2) is 71.3 Å². The monoisotopic (exact) mass is 392 g/mol. The zero-order valence-corrected chi connectivity index (χ0v) is 16.3. The fourth-order valence-corrected chi connectivity index (χ4v) is 3.75. The lowest BCUT2D eigenvalue weighted by atomic mass is 10.1. The number of fused-ring (bicyclic) bond motifs is 2. The SMILES string of the molecule is C=CCOc1cccc([C@H]2N=c3ccccc3=C3C(=O)NC(SCC)=NN32)c1. The average molecular weight is 392 g/mol. The number of nitrogens with zero attached hydrogens (tertiary/aromatic N) is 3. The van der Waals surface area contributed by atoms with E-state index in [1.54, 1.807) is 11.1 Å². The molecule has 0 bridgehead atoms. The molecule has 2 aromatic carbocycles. The van der Waals surface area contributed by atoms with Crippen LogP contribution in [-0.2, 0) is 4.79 Å². The molecule has 28 heavy (non-hydrogen) atoms. The summed E-state index contributed by atoms with van der Waals surface area (Å²) in [5.41, 5.74) is 1.40. The van der Waals surface area contributed by atoms with E-state index in [9.17, 15) is 4.79 Å². The highest BCUT2D eigenvalue weighted by atomic mass is 32.2. The van der Waals surface area contributed by atoms with Gasteiger partial charge in [-0.05, 0) is 24.0 Å². The molecule has 2 aliphatic rings. The van der Waals surface area contributed by atoms with E-state index in [0.29, 0.717) is 17.5 Å². The first-order valence-electron chi connectivity index (χ1n) is 9.04. The van der Waals surface area contributed by atoms with Gasteiger partial charge in [0.1, 0.15) is 18.1 Å². The van der Waals surface area contributed by atoms with Crippen LogP contribution in [0, 0.1) is 0 Å². The summed E-state index contributed by atoms with van der Waals surface area (Å²) in [6, 6.07) is 15.3. The van der Waals surface area contributed by atoms with E-state index in [2.05, 4.69) is 17.0 Å². The predicted molar refractivity (Wildman–Crippen MR) is 111 cm³/mol. The molecule has 142 valence electrons. The van der Waals surface area contributed by atoms with E-state index in [1.807, 2.05) is 55.5 Å². The molecule has 0 aromatic heterocycles. The number of amides is 1. The van der Waals surface area contributed by atoms with Crippen LogP contribution in [0.2, 0.25) is 0 Å². The number of para-hydroxylation sites is 1. The Morgan fingerprint density at radius 3 is 2.96 bits per heavy atom. The second kappa shape index (κ2) is 7.90. The lowest BCUT2D eigenvalue weighted by molar-refractivity contribution is -0.116. The molecule has 2 aromatic rings. The largest absolute Gasteiger partial charge is 0.490 e. The van der Waals surface area contributed by atoms with E-state index >= 15 is 0 Å². The lowest BCUT2D eigenvalue weighted by Gasteiger charge is -2.34. The highest BCUT2D eigenvalue weighted by molar-refractivity contribution is 8.13. The van der Waals surface area contributed by atoms with Gasteiger partial charge in [-0.25, -0.2) is 5.01 Å². The van der Waals surface area contributed by atoms with Crippen LogP contribution in [-0.4, -0.2) is 28.4 Å². The Balaban J connectivity index is 1.86. The molecule has 1 N–H and O–H groups in total. The van der Waals surface area contributed by atoms with Crippen LogP contribution < -0.4 is 20.6 Å². The van der Waals surface area contributed by atoms with Crippen molar-refractivity contribution in [2.24, 2.45) is 10.1 Å². The summed E-state index contributed by atoms with van der Waals surface area (Å²) in [7, 11) is 0. The molecule has 6 nitrogen and oxygen atoms in total. The molecule has 0 saturated carbocycles. The minimum Gasteiger partial charge on any atom is -0.490 e. The van der Waals surface area contributed by atoms with Gasteiger partial charge in [0.2, 0.25) is 0 Å². The third-order valence-electron chi connectivity index (χ3n) is 4.32. The van der Waals surface area contributed by atoms with Crippen molar-refractivity contribution in [3.63, 3.8) is 0 Å². The molecule has 0 aliphatic carbocycles. The van der Waals surface area contributed by atoms with Gasteiger partial charge in [-0.15, -0.1) is 5.10 Å². The van der Waals surface area contributed by atoms with Gasteiger partial charge in [0.15, 0.2) is 11.3 Å². The second-order valence-electron chi connectivity index (χ2n) is 6.18. The van der Waals surface area contributed by atoms with Gasteiger partial charge in [0.05, 0.1) is 5.36 Å². The first kappa shape index (κ1) is 18.3. The molecular formula is C21H20N4O2S. The number of hydrogen-bond donors (Lipinski definition) is 1. The quantitative estimate of drug-likeness (QED) is 0.792. The van der Waals surface area contributed by atoms with Crippen molar-refractivity contribution in [1.29, 1.82) is 0 Å². The lowest BCUT2D eigenvalue weighted by Crippen LogP contribution is -2.50. The fraction of sp³-hybridized carbons (Fsp3) is 0.190. The van der Waals surface area contributed by atoms with E-state index < -0.39 is 6.17 Å². The topological polar surface area (TPSA) is 66.3 Å². The van der Waals surface area contributed by atoms with Gasteiger partial charge in [-0.3, -0.25) is 15.1 Å². The van der Waals surface area contributed by atoms with E-state index in [-0.39, 0.29) is 5.91 Å². The molecule has 0 saturated heterocycles. The van der Waals surface area contributed by atoms with Crippen molar-refractivity contribution >= 4 is 28.5 Å². The molecule has 4 rings (SSSR count). The molecule has 7 heteroatoms. The Morgan fingerprint density at radius 1 is 1.29 bits per heavy atom. The first-order chi connectivity index (χ1) is 13.7. The van der Waals surface area contributed by atoms with Crippen LogP contribution in [0.4, 0.5) is 0 Å². The molecule has 2 aliphatic heterocycles. The number of hydrogen-bond acceptors (Lipinski definition) is 6. The Bertz CT molecular complexity index is 1080. The molecule has 0 unspecified atom stereocenters. The molecule has 1 atom stereocenters. The highest BCUT2D eigenvalue weighted by Gasteiger charge is 2.34. The number of nitrogens with one attached hydrogen (secondary N) is 1. The summed E-state index contributed by atoms with van der Waals surface area (Å²) in [6.07, 6.45) is 1.25. The van der Waals surface area contributed by atoms with Crippen molar-refractivity contribution in [2.45, 2.75) is 13.1 Å². The van der Waals surface area contributed by atoms with Crippen LogP contribution >= 0.6 is 11.8 Å². The summed E-state index contributed by atoms with van der Waals surface area (Å²) in [6.45, 7) is 6.13. The number of ether oxygens (including phenoxy) is 1. The number of benzene rings is 2. The normalized spacial score (nSPS) is 17.7. The molecule has 0 spiro atoms. The van der Waals surface area contributed by atoms with Gasteiger partial charge < -0.3 is 4.74 Å². The number of carbonyl (C=O) groups excluding carboxylic acids is 1. The van der Waals surface area contributed by atoms with Gasteiger partial charge >= 0.3 is 0 Å². The van der Waals surface area contributed by atoms with Crippen molar-refractivity contribution in [2.75, 3.05) is 12.4 Å². The summed E-state index contributed by atoms with van der Waals surface area (Å²) in [5.74, 6) is 1.37. The molecular weight excluding hydrogens is 372 g/mol. The zero-order chi connectivity index (χ0) is 19.5. The number of hydrazone groups is 1. The predicted octanol–water partition coefficient (Wildman–Crippen LogP) is 2.15. The minimum absolute atomic E-state index is 0.169. The number of rotatable bonds is 5. The summed E-state index contributed by atoms with van der Waals surface area (Å²) in [4.78, 5) is 17.8. The molecule has 0 fully saturated rings. The van der Waals surface area contributed by atoms with Crippen LogP contribution in [0.3, 0.4) is 0 Å². The standard InChI is InChI=1S/C21H20N4O2S/c1-3-12-27-15-9-7-8-14(13-15)19-22-17-11-6-5-10-16(17)18-20(26)23-21(28-4-2)24-25(18)19/h3,5-11,13,19H,1,4,12H2,2H3,(H,23,24,26)/t19-/m0/s1. The third kappa shape index (κ3) is 3.41. The Kier molecular flexibility index (Phi) is 5.16. The van der Waals surface area contributed by atoms with Crippen molar-refractivity contribution < 1.29 is 9.53 Å². The van der Waals surface area contributed by atoms with Gasteiger partial charge in [0.25, 0.3) is 5.91 Å². The first-order valence-corrected chi connectivity index (χ1v) is 10.0. The second-order valence-corrected chi connectivity index (χ2v) is 7.43. The Hall–Kier alpha value is -3.06. The van der Waals surface area contributed by atoms with Crippen LogP contribution in [0.1, 0.15) is 18.7 Å². The van der Waals surface area contributed by atoms with Gasteiger partial charge in [0, 0.05) is 10.8 Å². The number of thioether (sulfide) groups is 1. The summed E-state index contributed by atoms with van der Waals surface area (Å²) < 4.78 is 5.67. The maximum atomic E-state index is 12.9. The maximum absolute atomic E-state index is 12.9. The van der Waals surface area contributed by atoms with Crippen LogP contribution in [0.5, 0.6) is 5.75 Å². The average Bonchev–Trinajstić information content (AvgIpc) is 2.72. The third-order valence-corrected chi connectivity index (χ3v) is 5.07. The van der Waals surface area contributed by atoms with Crippen LogP contribution in [0.25, 0.3) is 5.70 Å². The van der Waals surface area contributed by atoms with Crippen molar-refractivity contribution in [3.8, 4) is 5.75 Å². The smallest absolute Gasteiger partial charge is 0.276 e. The van der Waals surface area contributed by atoms with Crippen molar-refractivity contribution in [3.05, 3.63) is 77.3 Å². The zero-order valence-electron chi connectivity index (χ0n) is 15.5. The highest BCUT2D eigenvalue weighted by Crippen LogP contribution is 2.32. The number of carbonyl (C=O) groups is 1. The minimum atomic E-state index is -0.448. The maximum Gasteiger partial charge on any atom is 0.276 e. The fourth-order valence-electron chi connectivity index (χ4n) is 3.17. The summed E-state index contributed by atoms with van der Waals surface area (Å²) >= 11 is 1.49. The number of amidine groups is 1. The van der Waals surface area contributed by atoms with Crippen molar-refractivity contribution in [1.82, 2.24) is 10.3 Å². The molecule has 0 radical (unpaired) electrons. The van der Waals surface area contributed by atoms with E-state index in [0.717, 1.165) is 27.6 Å². The van der Waals surface area contributed by atoms with E-state index in [1.165, 1.54) is 11.8 Å². The molecule has 1 amide bonds. The Morgan fingerprint density at radius 2 is 2.14 bits per heavy atom. The summed E-state index contributed by atoms with van der Waals surface area (Å²) in [5, 5.41) is 11.4. The Labute approximate surface area is 167 Å². The van der Waals surface area contributed by atoms with Gasteiger partial charge in [-0.2, -0.15) is 0 Å².